The highest BCUT2D eigenvalue weighted by atomic mass is 32.1. The maximum atomic E-state index is 12.7. The third-order valence-electron chi connectivity index (χ3n) is 3.93. The number of carbonyl (C=O) groups excluding carboxylic acids is 2. The van der Waals surface area contributed by atoms with Gasteiger partial charge in [0, 0.05) is 24.7 Å². The summed E-state index contributed by atoms with van der Waals surface area (Å²) in [4.78, 5) is 37.8. The van der Waals surface area contributed by atoms with Crippen molar-refractivity contribution in [2.45, 2.75) is 0 Å². The van der Waals surface area contributed by atoms with Gasteiger partial charge >= 0.3 is 0 Å². The van der Waals surface area contributed by atoms with E-state index >= 15 is 0 Å². The number of thiophene rings is 1. The molecule has 2 amide bonds. The van der Waals surface area contributed by atoms with Gasteiger partial charge in [-0.25, -0.2) is 4.98 Å². The zero-order chi connectivity index (χ0) is 17.2. The standard InChI is InChI=1S/C17H14N4O2S2/c22-15-10-20(6-7-21(15)12-3-1-5-18-9-12)17(23)16-19-13(11-25-16)14-4-2-8-24-14/h1-5,8-9,11H,6-7,10H2. The number of piperazine rings is 1. The Morgan fingerprint density at radius 1 is 1.16 bits per heavy atom. The lowest BCUT2D eigenvalue weighted by atomic mass is 10.2. The monoisotopic (exact) mass is 370 g/mol. The molecule has 126 valence electrons. The van der Waals surface area contributed by atoms with Crippen LogP contribution in [0.15, 0.2) is 47.4 Å². The molecule has 0 N–H and O–H groups in total. The highest BCUT2D eigenvalue weighted by Gasteiger charge is 2.30. The summed E-state index contributed by atoms with van der Waals surface area (Å²) in [6.45, 7) is 0.994. The Balaban J connectivity index is 1.47. The van der Waals surface area contributed by atoms with Crippen molar-refractivity contribution in [2.75, 3.05) is 24.5 Å². The lowest BCUT2D eigenvalue weighted by molar-refractivity contribution is -0.120. The highest BCUT2D eigenvalue weighted by molar-refractivity contribution is 7.15. The SMILES string of the molecule is O=C(c1nc(-c2cccs2)cs1)N1CCN(c2cccnc2)C(=O)C1. The van der Waals surface area contributed by atoms with Crippen LogP contribution in [0, 0.1) is 0 Å². The Bertz CT molecular complexity index is 893. The number of hydrogen-bond donors (Lipinski definition) is 0. The Labute approximate surface area is 152 Å². The fraction of sp³-hybridized carbons (Fsp3) is 0.176. The van der Waals surface area contributed by atoms with Gasteiger partial charge in [0.2, 0.25) is 5.91 Å². The van der Waals surface area contributed by atoms with E-state index in [2.05, 4.69) is 9.97 Å². The summed E-state index contributed by atoms with van der Waals surface area (Å²) in [6.07, 6.45) is 3.32. The third kappa shape index (κ3) is 3.18. The number of carbonyl (C=O) groups is 2. The van der Waals surface area contributed by atoms with Crippen LogP contribution in [0.3, 0.4) is 0 Å². The number of thiazole rings is 1. The lowest BCUT2D eigenvalue weighted by Gasteiger charge is -2.33. The molecule has 4 heterocycles. The van der Waals surface area contributed by atoms with Crippen LogP contribution in [0.4, 0.5) is 5.69 Å². The minimum atomic E-state index is -0.188. The summed E-state index contributed by atoms with van der Waals surface area (Å²) in [5.41, 5.74) is 1.57. The number of pyridine rings is 1. The topological polar surface area (TPSA) is 66.4 Å². The lowest BCUT2D eigenvalue weighted by Crippen LogP contribution is -2.52. The van der Waals surface area contributed by atoms with Crippen molar-refractivity contribution in [3.05, 3.63) is 52.4 Å². The van der Waals surface area contributed by atoms with Crippen LogP contribution >= 0.6 is 22.7 Å². The average molecular weight is 370 g/mol. The van der Waals surface area contributed by atoms with E-state index in [4.69, 9.17) is 0 Å². The minimum absolute atomic E-state index is 0.0572. The van der Waals surface area contributed by atoms with Crippen molar-refractivity contribution in [1.29, 1.82) is 0 Å². The van der Waals surface area contributed by atoms with Crippen molar-refractivity contribution >= 4 is 40.2 Å². The zero-order valence-electron chi connectivity index (χ0n) is 13.2. The van der Waals surface area contributed by atoms with E-state index in [9.17, 15) is 9.59 Å². The van der Waals surface area contributed by atoms with Gasteiger partial charge in [-0.15, -0.1) is 22.7 Å². The van der Waals surface area contributed by atoms with Gasteiger partial charge in [0.1, 0.15) is 6.54 Å². The first-order chi connectivity index (χ1) is 12.2. The van der Waals surface area contributed by atoms with Crippen molar-refractivity contribution in [2.24, 2.45) is 0 Å². The molecule has 0 aliphatic carbocycles. The molecule has 0 atom stereocenters. The molecule has 1 aliphatic rings. The van der Waals surface area contributed by atoms with Crippen molar-refractivity contribution in [3.63, 3.8) is 0 Å². The third-order valence-corrected chi connectivity index (χ3v) is 5.65. The molecule has 0 bridgehead atoms. The first-order valence-corrected chi connectivity index (χ1v) is 9.47. The molecule has 1 saturated heterocycles. The molecule has 25 heavy (non-hydrogen) atoms. The molecular formula is C17H14N4O2S2. The smallest absolute Gasteiger partial charge is 0.283 e. The molecule has 3 aromatic rings. The highest BCUT2D eigenvalue weighted by Crippen LogP contribution is 2.27. The normalized spacial score (nSPS) is 14.8. The fourth-order valence-corrected chi connectivity index (χ4v) is 4.22. The summed E-state index contributed by atoms with van der Waals surface area (Å²) >= 11 is 2.90. The van der Waals surface area contributed by atoms with Gasteiger partial charge < -0.3 is 9.80 Å². The van der Waals surface area contributed by atoms with Crippen molar-refractivity contribution < 1.29 is 9.59 Å². The zero-order valence-corrected chi connectivity index (χ0v) is 14.8. The molecular weight excluding hydrogens is 356 g/mol. The van der Waals surface area contributed by atoms with Gasteiger partial charge in [0.25, 0.3) is 5.91 Å². The van der Waals surface area contributed by atoms with Crippen molar-refractivity contribution in [1.82, 2.24) is 14.9 Å². The van der Waals surface area contributed by atoms with Crippen LogP contribution in [0.25, 0.3) is 10.6 Å². The maximum absolute atomic E-state index is 12.7. The van der Waals surface area contributed by atoms with Crippen LogP contribution < -0.4 is 4.90 Å². The summed E-state index contributed by atoms with van der Waals surface area (Å²) < 4.78 is 0. The van der Waals surface area contributed by atoms with Crippen LogP contribution in [0.2, 0.25) is 0 Å². The maximum Gasteiger partial charge on any atom is 0.283 e. The van der Waals surface area contributed by atoms with E-state index in [0.29, 0.717) is 18.1 Å². The number of nitrogens with zero attached hydrogens (tertiary/aromatic N) is 4. The van der Waals surface area contributed by atoms with Crippen LogP contribution in [0.5, 0.6) is 0 Å². The Kier molecular flexibility index (Phi) is 4.29. The molecule has 0 spiro atoms. The van der Waals surface area contributed by atoms with E-state index in [1.807, 2.05) is 29.0 Å². The summed E-state index contributed by atoms with van der Waals surface area (Å²) in [7, 11) is 0. The number of rotatable bonds is 3. The van der Waals surface area contributed by atoms with Gasteiger partial charge in [-0.2, -0.15) is 0 Å². The van der Waals surface area contributed by atoms with E-state index in [1.165, 1.54) is 11.3 Å². The summed E-state index contributed by atoms with van der Waals surface area (Å²) in [5, 5.41) is 4.28. The predicted octanol–water partition coefficient (Wildman–Crippen LogP) is 2.76. The Morgan fingerprint density at radius 3 is 2.80 bits per heavy atom. The van der Waals surface area contributed by atoms with Crippen molar-refractivity contribution in [3.8, 4) is 10.6 Å². The largest absolute Gasteiger partial charge is 0.325 e. The predicted molar refractivity (Wildman–Crippen MR) is 97.9 cm³/mol. The second kappa shape index (κ2) is 6.73. The molecule has 1 fully saturated rings. The van der Waals surface area contributed by atoms with Gasteiger partial charge in [0.05, 0.1) is 22.5 Å². The molecule has 0 saturated carbocycles. The first-order valence-electron chi connectivity index (χ1n) is 7.71. The second-order valence-electron chi connectivity index (χ2n) is 5.50. The molecule has 0 radical (unpaired) electrons. The minimum Gasteiger partial charge on any atom is -0.325 e. The Hall–Kier alpha value is -2.58. The molecule has 3 aromatic heterocycles. The molecule has 4 rings (SSSR count). The van der Waals surface area contributed by atoms with Crippen LogP contribution in [-0.4, -0.2) is 46.3 Å². The fourth-order valence-electron chi connectivity index (χ4n) is 2.68. The number of anilines is 1. The second-order valence-corrected chi connectivity index (χ2v) is 7.30. The number of aromatic nitrogens is 2. The van der Waals surface area contributed by atoms with Gasteiger partial charge in [-0.3, -0.25) is 14.6 Å². The van der Waals surface area contributed by atoms with Gasteiger partial charge in [-0.05, 0) is 23.6 Å². The molecule has 8 heteroatoms. The molecule has 0 aromatic carbocycles. The van der Waals surface area contributed by atoms with E-state index in [0.717, 1.165) is 16.3 Å². The average Bonchev–Trinajstić information content (AvgIpc) is 3.33. The number of hydrogen-bond acceptors (Lipinski definition) is 6. The van der Waals surface area contributed by atoms with Crippen LogP contribution in [-0.2, 0) is 4.79 Å². The summed E-state index contributed by atoms with van der Waals surface area (Å²) in [5.74, 6) is -0.297. The van der Waals surface area contributed by atoms with E-state index in [1.54, 1.807) is 39.6 Å². The molecule has 0 unspecified atom stereocenters. The van der Waals surface area contributed by atoms with Gasteiger partial charge in [0.15, 0.2) is 5.01 Å². The van der Waals surface area contributed by atoms with Gasteiger partial charge in [-0.1, -0.05) is 6.07 Å². The molecule has 6 nitrogen and oxygen atoms in total. The molecule has 1 aliphatic heterocycles. The quantitative estimate of drug-likeness (QED) is 0.711. The summed E-state index contributed by atoms with van der Waals surface area (Å²) in [6, 6.07) is 7.57. The Morgan fingerprint density at radius 2 is 2.08 bits per heavy atom. The van der Waals surface area contributed by atoms with E-state index < -0.39 is 0 Å². The van der Waals surface area contributed by atoms with E-state index in [-0.39, 0.29) is 18.4 Å². The first kappa shape index (κ1) is 15.9. The number of amides is 2. The van der Waals surface area contributed by atoms with Crippen LogP contribution in [0.1, 0.15) is 9.80 Å².